The number of ether oxygens (including phenoxy) is 2. The molecule has 0 radical (unpaired) electrons. The van der Waals surface area contributed by atoms with Gasteiger partial charge in [0.15, 0.2) is 0 Å². The van der Waals surface area contributed by atoms with E-state index in [0.717, 1.165) is 10.8 Å². The van der Waals surface area contributed by atoms with Gasteiger partial charge in [0, 0.05) is 18.7 Å². The van der Waals surface area contributed by atoms with E-state index in [2.05, 4.69) is 18.1 Å². The number of hydrogen-bond acceptors (Lipinski definition) is 13. The summed E-state index contributed by atoms with van der Waals surface area (Å²) in [7, 11) is -16.9. The normalized spacial score (nSPS) is 22.4. The summed E-state index contributed by atoms with van der Waals surface area (Å²) in [4.78, 5) is 74.3. The minimum absolute atomic E-state index is 0.0436. The van der Waals surface area contributed by atoms with Gasteiger partial charge in [-0.2, -0.15) is 8.62 Å². The monoisotopic (exact) mass is 689 g/mol. The summed E-state index contributed by atoms with van der Waals surface area (Å²) >= 11 is 0. The first-order chi connectivity index (χ1) is 20.3. The van der Waals surface area contributed by atoms with Gasteiger partial charge in [0.25, 0.3) is 11.2 Å². The fraction of sp³-hybridized carbons (Fsp3) is 0.524. The van der Waals surface area contributed by atoms with Gasteiger partial charge < -0.3 is 34.2 Å². The molecule has 0 amide bonds. The topological polar surface area (TPSA) is 297 Å². The van der Waals surface area contributed by atoms with E-state index in [9.17, 15) is 48.3 Å². The molecule has 1 fully saturated rings. The average molecular weight is 689 g/mol. The van der Waals surface area contributed by atoms with E-state index in [1.807, 2.05) is 13.8 Å². The largest absolute Gasteiger partial charge is 0.490 e. The highest BCUT2D eigenvalue weighted by Gasteiger charge is 2.43. The molecule has 1 aromatic carbocycles. The summed E-state index contributed by atoms with van der Waals surface area (Å²) in [6, 6.07) is 5.96. The Bertz CT molecular complexity index is 1600. The molecule has 6 N–H and O–H groups in total. The number of H-pyrrole nitrogens is 1. The molecule has 1 aliphatic rings. The highest BCUT2D eigenvalue weighted by molar-refractivity contribution is 7.66. The van der Waals surface area contributed by atoms with Crippen molar-refractivity contribution in [1.82, 2.24) is 9.55 Å². The van der Waals surface area contributed by atoms with Gasteiger partial charge in [-0.1, -0.05) is 26.0 Å². The number of phosphoric ester groups is 1. The lowest BCUT2D eigenvalue weighted by Gasteiger charge is -2.21. The third kappa shape index (κ3) is 10.3. The molecule has 44 heavy (non-hydrogen) atoms. The van der Waals surface area contributed by atoms with Crippen molar-refractivity contribution in [3.63, 3.8) is 0 Å². The van der Waals surface area contributed by atoms with E-state index in [0.29, 0.717) is 6.42 Å². The zero-order chi connectivity index (χ0) is 33.0. The van der Waals surface area contributed by atoms with Crippen LogP contribution in [0.1, 0.15) is 50.1 Å². The Morgan fingerprint density at radius 1 is 1.11 bits per heavy atom. The molecule has 6 atom stereocenters. The van der Waals surface area contributed by atoms with Gasteiger partial charge in [-0.15, -0.1) is 0 Å². The zero-order valence-corrected chi connectivity index (χ0v) is 25.7. The van der Waals surface area contributed by atoms with Crippen LogP contribution in [0.15, 0.2) is 40.1 Å². The summed E-state index contributed by atoms with van der Waals surface area (Å²) in [5.41, 5.74) is -1.74. The number of nitro benzene ring substituents is 1. The van der Waals surface area contributed by atoms with Crippen molar-refractivity contribution in [2.75, 3.05) is 6.61 Å². The van der Waals surface area contributed by atoms with E-state index in [1.165, 1.54) is 18.2 Å². The molecule has 23 heteroatoms. The number of phosphoric acid groups is 3. The number of benzene rings is 1. The third-order valence-corrected chi connectivity index (χ3v) is 9.78. The predicted octanol–water partition coefficient (Wildman–Crippen LogP) is 1.74. The number of aliphatic hydroxyl groups is 1. The van der Waals surface area contributed by atoms with Gasteiger partial charge in [-0.3, -0.25) is 29.0 Å². The van der Waals surface area contributed by atoms with Gasteiger partial charge in [0.1, 0.15) is 12.3 Å². The van der Waals surface area contributed by atoms with E-state index in [-0.39, 0.29) is 35.8 Å². The van der Waals surface area contributed by atoms with E-state index in [4.69, 9.17) is 19.3 Å². The van der Waals surface area contributed by atoms with Crippen molar-refractivity contribution < 1.29 is 65.9 Å². The molecule has 0 bridgehead atoms. The lowest BCUT2D eigenvalue weighted by atomic mass is 9.98. The molecule has 1 aromatic heterocycles. The van der Waals surface area contributed by atoms with Crippen LogP contribution in [0, 0.1) is 16.0 Å². The number of aromatic nitrogens is 2. The summed E-state index contributed by atoms with van der Waals surface area (Å²) in [5.74, 6) is 0.0436. The maximum absolute atomic E-state index is 12.6. The number of aromatic amines is 1. The highest BCUT2D eigenvalue weighted by Crippen LogP contribution is 2.66. The Balaban J connectivity index is 1.74. The number of nitrogens with one attached hydrogen (secondary N) is 1. The Hall–Kier alpha value is -2.41. The molecule has 3 rings (SSSR count). The molecule has 0 spiro atoms. The first kappa shape index (κ1) is 36.1. The van der Waals surface area contributed by atoms with E-state index in [1.54, 1.807) is 6.07 Å². The molecule has 1 saturated heterocycles. The molecule has 246 valence electrons. The lowest BCUT2D eigenvalue weighted by molar-refractivity contribution is -0.386. The van der Waals surface area contributed by atoms with Crippen LogP contribution in [0.5, 0.6) is 0 Å². The van der Waals surface area contributed by atoms with Gasteiger partial charge >= 0.3 is 29.2 Å². The van der Waals surface area contributed by atoms with E-state index < -0.39 is 70.8 Å². The van der Waals surface area contributed by atoms with Gasteiger partial charge in [-0.25, -0.2) is 18.5 Å². The highest BCUT2D eigenvalue weighted by atomic mass is 31.3. The second-order valence-corrected chi connectivity index (χ2v) is 14.3. The molecule has 0 aliphatic carbocycles. The minimum atomic E-state index is -5.77. The van der Waals surface area contributed by atoms with Crippen LogP contribution in [-0.2, 0) is 42.9 Å². The lowest BCUT2D eigenvalue weighted by Crippen LogP contribution is -2.34. The number of aliphatic hydroxyl groups excluding tert-OH is 1. The standard InChI is InChI=1S/C21H30N3O17P3/c1-12(2)7-17(14-5-3-4-6-15(14)24(28)29)37-10-13-9-23(21(27)22-20(13)26)19-8-16(25)18(39-19)11-38-43(33,34)41-44(35,36)40-42(30,31)32/h3-6,9,12,16-19,25H,7-8,10-11H2,1-2H3,(H,33,34)(H,35,36)(H,22,26,27)(H2,30,31,32)/t16-,17+,18-,19-/m1/s1. The van der Waals surface area contributed by atoms with Crippen LogP contribution in [-0.4, -0.2) is 58.0 Å². The predicted molar refractivity (Wildman–Crippen MR) is 146 cm³/mol. The quantitative estimate of drug-likeness (QED) is 0.0881. The third-order valence-electron chi connectivity index (χ3n) is 5.98. The smallest absolute Gasteiger partial charge is 0.390 e. The number of nitrogens with zero attached hydrogens (tertiary/aromatic N) is 2. The Kier molecular flexibility index (Phi) is 11.8. The molecular weight excluding hydrogens is 659 g/mol. The first-order valence-electron chi connectivity index (χ1n) is 12.6. The second-order valence-electron chi connectivity index (χ2n) is 9.88. The zero-order valence-electron chi connectivity index (χ0n) is 23.0. The summed E-state index contributed by atoms with van der Waals surface area (Å²) in [5, 5.41) is 21.9. The van der Waals surface area contributed by atoms with Crippen molar-refractivity contribution >= 4 is 29.2 Å². The summed E-state index contributed by atoms with van der Waals surface area (Å²) < 4.78 is 58.2. The molecule has 20 nitrogen and oxygen atoms in total. The maximum atomic E-state index is 12.6. The fourth-order valence-electron chi connectivity index (χ4n) is 4.18. The van der Waals surface area contributed by atoms with Crippen LogP contribution >= 0.6 is 23.5 Å². The van der Waals surface area contributed by atoms with Crippen molar-refractivity contribution in [3.05, 3.63) is 72.5 Å². The van der Waals surface area contributed by atoms with Crippen molar-refractivity contribution in [2.24, 2.45) is 5.92 Å². The van der Waals surface area contributed by atoms with Crippen molar-refractivity contribution in [1.29, 1.82) is 0 Å². The molecule has 1 aliphatic heterocycles. The molecule has 2 unspecified atom stereocenters. The summed E-state index contributed by atoms with van der Waals surface area (Å²) in [6.45, 7) is 2.40. The van der Waals surface area contributed by atoms with Crippen LogP contribution in [0.25, 0.3) is 0 Å². The SMILES string of the molecule is CC(C)C[C@H](OCc1cn([C@H]2C[C@@H](O)[C@@H](COP(=O)(O)OP(=O)(O)OP(=O)(O)O)O2)c(=O)[nH]c1=O)c1ccccc1[N+](=O)[O-]. The minimum Gasteiger partial charge on any atom is -0.390 e. The van der Waals surface area contributed by atoms with Crippen LogP contribution in [0.2, 0.25) is 0 Å². The molecule has 2 heterocycles. The number of para-hydroxylation sites is 1. The Labute approximate surface area is 247 Å². The maximum Gasteiger partial charge on any atom is 0.490 e. The molecule has 2 aromatic rings. The van der Waals surface area contributed by atoms with Gasteiger partial charge in [0.2, 0.25) is 0 Å². The van der Waals surface area contributed by atoms with E-state index >= 15 is 0 Å². The number of hydrogen-bond donors (Lipinski definition) is 6. The van der Waals surface area contributed by atoms with Crippen LogP contribution in [0.4, 0.5) is 5.69 Å². The van der Waals surface area contributed by atoms with Gasteiger partial charge in [-0.05, 0) is 18.4 Å². The van der Waals surface area contributed by atoms with Crippen LogP contribution < -0.4 is 11.2 Å². The van der Waals surface area contributed by atoms with Crippen LogP contribution in [0.3, 0.4) is 0 Å². The van der Waals surface area contributed by atoms with Crippen molar-refractivity contribution in [2.45, 2.75) is 57.8 Å². The molecular formula is C21H30N3O17P3. The fourth-order valence-corrected chi connectivity index (χ4v) is 7.21. The van der Waals surface area contributed by atoms with Crippen molar-refractivity contribution in [3.8, 4) is 0 Å². The average Bonchev–Trinajstić information content (AvgIpc) is 3.23. The van der Waals surface area contributed by atoms with Gasteiger partial charge in [0.05, 0.1) is 41.5 Å². The Morgan fingerprint density at radius 3 is 2.39 bits per heavy atom. The second kappa shape index (κ2) is 14.3. The molecule has 0 saturated carbocycles. The summed E-state index contributed by atoms with van der Waals surface area (Å²) in [6.07, 6.45) is -3.78. The number of rotatable bonds is 15. The Morgan fingerprint density at radius 2 is 1.77 bits per heavy atom. The number of nitro groups is 1. The first-order valence-corrected chi connectivity index (χ1v) is 17.1.